The van der Waals surface area contributed by atoms with Crippen molar-refractivity contribution in [3.63, 3.8) is 0 Å². The van der Waals surface area contributed by atoms with Crippen molar-refractivity contribution in [2.24, 2.45) is 7.05 Å². The largest absolute Gasteiger partial charge is 0.337 e. The number of hydrogen-bond donors (Lipinski definition) is 0. The van der Waals surface area contributed by atoms with Crippen LogP contribution >= 0.6 is 15.9 Å². The number of imidazole rings is 1. The summed E-state index contributed by atoms with van der Waals surface area (Å²) in [6.45, 7) is 2.43. The van der Waals surface area contributed by atoms with E-state index in [1.54, 1.807) is 15.1 Å². The molecule has 7 heteroatoms. The van der Waals surface area contributed by atoms with Gasteiger partial charge in [0, 0.05) is 31.2 Å². The van der Waals surface area contributed by atoms with Crippen molar-refractivity contribution in [2.75, 3.05) is 11.9 Å². The molecule has 19 heavy (non-hydrogen) atoms. The molecule has 1 aromatic heterocycles. The Kier molecular flexibility index (Phi) is 4.68. The Morgan fingerprint density at radius 2 is 2.26 bits per heavy atom. The third-order valence-corrected chi connectivity index (χ3v) is 6.04. The van der Waals surface area contributed by atoms with Gasteiger partial charge >= 0.3 is 0 Å². The van der Waals surface area contributed by atoms with Gasteiger partial charge in [0.15, 0.2) is 5.03 Å². The van der Waals surface area contributed by atoms with Crippen molar-refractivity contribution in [3.05, 3.63) is 12.0 Å². The SMILES string of the molecule is Cc1nc(S(=O)(=O)N2CCCC2CCCBr)cn1C. The van der Waals surface area contributed by atoms with Crippen LogP contribution in [0.3, 0.4) is 0 Å². The quantitative estimate of drug-likeness (QED) is 0.764. The van der Waals surface area contributed by atoms with Gasteiger partial charge in [-0.05, 0) is 32.6 Å². The van der Waals surface area contributed by atoms with Gasteiger partial charge in [0.25, 0.3) is 10.0 Å². The first-order valence-electron chi connectivity index (χ1n) is 6.54. The van der Waals surface area contributed by atoms with Crippen molar-refractivity contribution in [1.82, 2.24) is 13.9 Å². The first-order chi connectivity index (χ1) is 8.96. The average molecular weight is 350 g/mol. The summed E-state index contributed by atoms with van der Waals surface area (Å²) in [5.74, 6) is 0.717. The molecule has 1 saturated heterocycles. The summed E-state index contributed by atoms with van der Waals surface area (Å²) >= 11 is 3.40. The molecule has 1 aromatic rings. The molecule has 2 rings (SSSR count). The van der Waals surface area contributed by atoms with E-state index < -0.39 is 10.0 Å². The number of sulfonamides is 1. The van der Waals surface area contributed by atoms with Crippen molar-refractivity contribution in [2.45, 2.75) is 43.7 Å². The van der Waals surface area contributed by atoms with Crippen LogP contribution in [-0.2, 0) is 17.1 Å². The molecule has 1 unspecified atom stereocenters. The zero-order chi connectivity index (χ0) is 14.0. The molecule has 108 valence electrons. The van der Waals surface area contributed by atoms with Crippen molar-refractivity contribution < 1.29 is 8.42 Å². The van der Waals surface area contributed by atoms with Crippen LogP contribution in [0.25, 0.3) is 0 Å². The van der Waals surface area contributed by atoms with Gasteiger partial charge in [-0.25, -0.2) is 13.4 Å². The lowest BCUT2D eigenvalue weighted by atomic mass is 10.1. The number of halogens is 1. The molecule has 0 amide bonds. The van der Waals surface area contributed by atoms with E-state index in [-0.39, 0.29) is 11.1 Å². The van der Waals surface area contributed by atoms with E-state index in [4.69, 9.17) is 0 Å². The number of alkyl halides is 1. The molecule has 5 nitrogen and oxygen atoms in total. The fourth-order valence-corrected chi connectivity index (χ4v) is 4.57. The summed E-state index contributed by atoms with van der Waals surface area (Å²) in [5.41, 5.74) is 0. The molecule has 0 radical (unpaired) electrons. The van der Waals surface area contributed by atoms with Crippen LogP contribution in [-0.4, -0.2) is 40.2 Å². The van der Waals surface area contributed by atoms with Crippen LogP contribution in [0, 0.1) is 6.92 Å². The number of nitrogens with zero attached hydrogens (tertiary/aromatic N) is 3. The maximum Gasteiger partial charge on any atom is 0.262 e. The smallest absolute Gasteiger partial charge is 0.262 e. The van der Waals surface area contributed by atoms with E-state index in [9.17, 15) is 8.42 Å². The van der Waals surface area contributed by atoms with Gasteiger partial charge in [-0.2, -0.15) is 4.31 Å². The monoisotopic (exact) mass is 349 g/mol. The number of aryl methyl sites for hydroxylation is 2. The second-order valence-corrected chi connectivity index (χ2v) is 7.61. The van der Waals surface area contributed by atoms with E-state index in [0.29, 0.717) is 6.54 Å². The normalized spacial score (nSPS) is 21.1. The molecule has 0 N–H and O–H groups in total. The summed E-state index contributed by atoms with van der Waals surface area (Å²) in [6, 6.07) is 0.130. The van der Waals surface area contributed by atoms with Gasteiger partial charge in [0.1, 0.15) is 5.82 Å². The Hall–Kier alpha value is -0.400. The highest BCUT2D eigenvalue weighted by atomic mass is 79.9. The van der Waals surface area contributed by atoms with Gasteiger partial charge in [-0.15, -0.1) is 0 Å². The van der Waals surface area contributed by atoms with Gasteiger partial charge in [-0.1, -0.05) is 15.9 Å². The molecule has 0 aliphatic carbocycles. The van der Waals surface area contributed by atoms with Crippen molar-refractivity contribution >= 4 is 26.0 Å². The standard InChI is InChI=1S/C12H20BrN3O2S/c1-10-14-12(9-15(10)2)19(17,18)16-8-4-6-11(16)5-3-7-13/h9,11H,3-8H2,1-2H3. The summed E-state index contributed by atoms with van der Waals surface area (Å²) in [6.07, 6.45) is 5.41. The van der Waals surface area contributed by atoms with Gasteiger partial charge in [0.2, 0.25) is 0 Å². The highest BCUT2D eigenvalue weighted by molar-refractivity contribution is 9.09. The summed E-state index contributed by atoms with van der Waals surface area (Å²) in [4.78, 5) is 4.17. The fraction of sp³-hybridized carbons (Fsp3) is 0.750. The zero-order valence-corrected chi connectivity index (χ0v) is 13.7. The predicted octanol–water partition coefficient (Wildman–Crippen LogP) is 2.06. The van der Waals surface area contributed by atoms with Gasteiger partial charge < -0.3 is 4.57 Å². The Morgan fingerprint density at radius 3 is 2.84 bits per heavy atom. The van der Waals surface area contributed by atoms with Crippen molar-refractivity contribution in [1.29, 1.82) is 0 Å². The van der Waals surface area contributed by atoms with E-state index in [2.05, 4.69) is 20.9 Å². The Bertz CT molecular complexity index is 522. The number of aromatic nitrogens is 2. The van der Waals surface area contributed by atoms with E-state index in [1.807, 2.05) is 14.0 Å². The van der Waals surface area contributed by atoms with Crippen LogP contribution in [0.2, 0.25) is 0 Å². The third-order valence-electron chi connectivity index (χ3n) is 3.65. The molecule has 0 aromatic carbocycles. The van der Waals surface area contributed by atoms with E-state index in [0.717, 1.165) is 36.8 Å². The lowest BCUT2D eigenvalue weighted by Gasteiger charge is -2.22. The maximum atomic E-state index is 12.6. The first-order valence-corrected chi connectivity index (χ1v) is 9.10. The van der Waals surface area contributed by atoms with E-state index in [1.165, 1.54) is 0 Å². The fourth-order valence-electron chi connectivity index (χ4n) is 2.50. The highest BCUT2D eigenvalue weighted by Crippen LogP contribution is 2.28. The average Bonchev–Trinajstić information content (AvgIpc) is 2.95. The molecular formula is C12H20BrN3O2S. The number of hydrogen-bond acceptors (Lipinski definition) is 3. The third kappa shape index (κ3) is 3.03. The minimum Gasteiger partial charge on any atom is -0.337 e. The molecule has 1 aliphatic rings. The molecule has 1 atom stereocenters. The molecular weight excluding hydrogens is 330 g/mol. The van der Waals surface area contributed by atoms with Crippen LogP contribution in [0.4, 0.5) is 0 Å². The lowest BCUT2D eigenvalue weighted by Crippen LogP contribution is -2.35. The minimum atomic E-state index is -3.43. The molecule has 1 aliphatic heterocycles. The number of rotatable bonds is 5. The highest BCUT2D eigenvalue weighted by Gasteiger charge is 2.36. The topological polar surface area (TPSA) is 55.2 Å². The minimum absolute atomic E-state index is 0.130. The van der Waals surface area contributed by atoms with Crippen LogP contribution in [0.15, 0.2) is 11.2 Å². The van der Waals surface area contributed by atoms with Gasteiger partial charge in [0.05, 0.1) is 0 Å². The lowest BCUT2D eigenvalue weighted by molar-refractivity contribution is 0.368. The first kappa shape index (κ1) is 15.0. The Labute approximate surface area is 123 Å². The maximum absolute atomic E-state index is 12.6. The predicted molar refractivity (Wildman–Crippen MR) is 77.9 cm³/mol. The molecule has 0 saturated carbocycles. The molecule has 0 bridgehead atoms. The summed E-state index contributed by atoms with van der Waals surface area (Å²) in [5, 5.41) is 1.10. The van der Waals surface area contributed by atoms with Crippen LogP contribution < -0.4 is 0 Å². The van der Waals surface area contributed by atoms with E-state index >= 15 is 0 Å². The van der Waals surface area contributed by atoms with Crippen LogP contribution in [0.1, 0.15) is 31.5 Å². The zero-order valence-electron chi connectivity index (χ0n) is 11.3. The van der Waals surface area contributed by atoms with Crippen molar-refractivity contribution in [3.8, 4) is 0 Å². The van der Waals surface area contributed by atoms with Gasteiger partial charge in [-0.3, -0.25) is 0 Å². The Balaban J connectivity index is 2.23. The summed E-state index contributed by atoms with van der Waals surface area (Å²) < 4.78 is 28.6. The Morgan fingerprint density at radius 1 is 1.53 bits per heavy atom. The molecule has 2 heterocycles. The second-order valence-electron chi connectivity index (χ2n) is 4.98. The second kappa shape index (κ2) is 5.93. The molecule has 0 spiro atoms. The summed E-state index contributed by atoms with van der Waals surface area (Å²) in [7, 11) is -1.62. The van der Waals surface area contributed by atoms with Crippen LogP contribution in [0.5, 0.6) is 0 Å². The molecule has 1 fully saturated rings.